The molecule has 0 saturated carbocycles. The molecule has 1 aliphatic rings. The van der Waals surface area contributed by atoms with Gasteiger partial charge in [0.05, 0.1) is 5.56 Å². The molecule has 6 nitrogen and oxygen atoms in total. The first-order valence-electron chi connectivity index (χ1n) is 8.48. The lowest BCUT2D eigenvalue weighted by molar-refractivity contribution is -0.111. The molecular weight excluding hydrogens is 376 g/mol. The van der Waals surface area contributed by atoms with E-state index >= 15 is 0 Å². The molecule has 3 aromatic rings. The topological polar surface area (TPSA) is 90.7 Å². The van der Waals surface area contributed by atoms with Gasteiger partial charge in [-0.1, -0.05) is 36.4 Å². The van der Waals surface area contributed by atoms with Gasteiger partial charge in [-0.15, -0.1) is 11.3 Å². The summed E-state index contributed by atoms with van der Waals surface area (Å²) in [6, 6.07) is 16.7. The summed E-state index contributed by atoms with van der Waals surface area (Å²) in [4.78, 5) is 25.0. The predicted molar refractivity (Wildman–Crippen MR) is 109 cm³/mol. The number of benzene rings is 2. The van der Waals surface area contributed by atoms with Crippen molar-refractivity contribution in [2.75, 3.05) is 12.1 Å². The van der Waals surface area contributed by atoms with E-state index in [1.807, 2.05) is 36.4 Å². The fourth-order valence-electron chi connectivity index (χ4n) is 2.75. The highest BCUT2D eigenvalue weighted by Gasteiger charge is 2.16. The fraction of sp³-hybridized carbons (Fsp3) is 0.0476. The number of carbonyl (C=O) groups is 2. The fourth-order valence-corrected chi connectivity index (χ4v) is 3.83. The van der Waals surface area contributed by atoms with E-state index in [0.717, 1.165) is 16.0 Å². The Kier molecular flexibility index (Phi) is 4.82. The van der Waals surface area contributed by atoms with Crippen LogP contribution in [0.5, 0.6) is 11.5 Å². The number of fused-ring (bicyclic) bond motifs is 1. The number of primary amides is 1. The van der Waals surface area contributed by atoms with Crippen molar-refractivity contribution in [1.29, 1.82) is 0 Å². The van der Waals surface area contributed by atoms with Crippen LogP contribution in [0.1, 0.15) is 15.9 Å². The van der Waals surface area contributed by atoms with Crippen LogP contribution in [0.4, 0.5) is 5.00 Å². The van der Waals surface area contributed by atoms with E-state index < -0.39 is 5.91 Å². The second-order valence-corrected chi connectivity index (χ2v) is 7.07. The molecule has 0 saturated heterocycles. The van der Waals surface area contributed by atoms with Crippen molar-refractivity contribution in [3.63, 3.8) is 0 Å². The number of hydrogen-bond donors (Lipinski definition) is 2. The van der Waals surface area contributed by atoms with Crippen molar-refractivity contribution in [3.05, 3.63) is 71.8 Å². The Morgan fingerprint density at radius 2 is 1.82 bits per heavy atom. The summed E-state index contributed by atoms with van der Waals surface area (Å²) >= 11 is 1.30. The van der Waals surface area contributed by atoms with Gasteiger partial charge < -0.3 is 20.5 Å². The Hall–Kier alpha value is -3.58. The quantitative estimate of drug-likeness (QED) is 0.645. The molecule has 0 bridgehead atoms. The molecule has 2 amide bonds. The van der Waals surface area contributed by atoms with Crippen molar-refractivity contribution in [3.8, 4) is 21.9 Å². The second kappa shape index (κ2) is 7.58. The number of amides is 2. The number of rotatable bonds is 5. The molecule has 0 radical (unpaired) electrons. The van der Waals surface area contributed by atoms with Gasteiger partial charge in [-0.3, -0.25) is 9.59 Å². The zero-order valence-electron chi connectivity index (χ0n) is 14.7. The standard InChI is InChI=1S/C21H16N2O4S/c22-20(25)15-11-18(14-4-2-1-3-5-14)28-21(15)23-19(24)9-7-13-6-8-16-17(10-13)27-12-26-16/h1-11H,12H2,(H2,22,25)(H,23,24). The lowest BCUT2D eigenvalue weighted by Crippen LogP contribution is -2.14. The van der Waals surface area contributed by atoms with E-state index in [9.17, 15) is 9.59 Å². The first kappa shape index (κ1) is 17.8. The van der Waals surface area contributed by atoms with E-state index in [1.54, 1.807) is 24.3 Å². The number of thiophene rings is 1. The lowest BCUT2D eigenvalue weighted by atomic mass is 10.1. The summed E-state index contributed by atoms with van der Waals surface area (Å²) in [5.41, 5.74) is 7.50. The van der Waals surface area contributed by atoms with Gasteiger partial charge in [-0.25, -0.2) is 0 Å². The summed E-state index contributed by atoms with van der Waals surface area (Å²) < 4.78 is 10.6. The van der Waals surface area contributed by atoms with Crippen molar-refractivity contribution in [1.82, 2.24) is 0 Å². The Labute approximate surface area is 165 Å². The number of anilines is 1. The minimum absolute atomic E-state index is 0.195. The Morgan fingerprint density at radius 3 is 2.61 bits per heavy atom. The van der Waals surface area contributed by atoms with Crippen LogP contribution in [-0.4, -0.2) is 18.6 Å². The summed E-state index contributed by atoms with van der Waals surface area (Å²) in [5.74, 6) is 0.374. The first-order chi connectivity index (χ1) is 13.6. The molecule has 0 fully saturated rings. The van der Waals surface area contributed by atoms with Crippen LogP contribution in [0.25, 0.3) is 16.5 Å². The van der Waals surface area contributed by atoms with Crippen LogP contribution in [0.15, 0.2) is 60.7 Å². The van der Waals surface area contributed by atoms with Crippen LogP contribution >= 0.6 is 11.3 Å². The highest BCUT2D eigenvalue weighted by Crippen LogP contribution is 2.35. The molecule has 2 aromatic carbocycles. The lowest BCUT2D eigenvalue weighted by Gasteiger charge is -2.01. The minimum atomic E-state index is -0.589. The minimum Gasteiger partial charge on any atom is -0.454 e. The monoisotopic (exact) mass is 392 g/mol. The molecule has 0 spiro atoms. The van der Waals surface area contributed by atoms with Crippen LogP contribution in [0, 0.1) is 0 Å². The highest BCUT2D eigenvalue weighted by atomic mass is 32.1. The van der Waals surface area contributed by atoms with Crippen LogP contribution < -0.4 is 20.5 Å². The summed E-state index contributed by atoms with van der Waals surface area (Å²) in [6.07, 6.45) is 3.05. The van der Waals surface area contributed by atoms with Gasteiger partial charge in [0, 0.05) is 11.0 Å². The van der Waals surface area contributed by atoms with E-state index in [0.29, 0.717) is 16.5 Å². The molecule has 1 aliphatic heterocycles. The normalized spacial score (nSPS) is 12.3. The number of nitrogens with one attached hydrogen (secondary N) is 1. The molecule has 0 aliphatic carbocycles. The van der Waals surface area contributed by atoms with Crippen molar-refractivity contribution in [2.24, 2.45) is 5.73 Å². The van der Waals surface area contributed by atoms with Gasteiger partial charge >= 0.3 is 0 Å². The maximum atomic E-state index is 12.3. The average Bonchev–Trinajstić information content (AvgIpc) is 3.33. The molecule has 0 atom stereocenters. The Balaban J connectivity index is 1.52. The van der Waals surface area contributed by atoms with Gasteiger partial charge in [0.25, 0.3) is 5.91 Å². The molecule has 1 aromatic heterocycles. The second-order valence-electron chi connectivity index (χ2n) is 6.02. The zero-order valence-corrected chi connectivity index (χ0v) is 15.5. The number of ether oxygens (including phenoxy) is 2. The van der Waals surface area contributed by atoms with Gasteiger partial charge in [0.15, 0.2) is 11.5 Å². The molecule has 2 heterocycles. The predicted octanol–water partition coefficient (Wildman–Crippen LogP) is 3.89. The summed E-state index contributed by atoms with van der Waals surface area (Å²) in [6.45, 7) is 0.195. The van der Waals surface area contributed by atoms with E-state index in [2.05, 4.69) is 5.32 Å². The SMILES string of the molecule is NC(=O)c1cc(-c2ccccc2)sc1NC(=O)C=Cc1ccc2c(c1)OCO2. The van der Waals surface area contributed by atoms with Gasteiger partial charge in [0.1, 0.15) is 5.00 Å². The molecule has 28 heavy (non-hydrogen) atoms. The summed E-state index contributed by atoms with van der Waals surface area (Å²) in [5, 5.41) is 3.16. The van der Waals surface area contributed by atoms with Gasteiger partial charge in [-0.05, 0) is 35.4 Å². The molecule has 140 valence electrons. The zero-order chi connectivity index (χ0) is 19.5. The van der Waals surface area contributed by atoms with Crippen LogP contribution in [0.3, 0.4) is 0 Å². The van der Waals surface area contributed by atoms with E-state index in [1.165, 1.54) is 17.4 Å². The largest absolute Gasteiger partial charge is 0.454 e. The molecule has 7 heteroatoms. The molecule has 3 N–H and O–H groups in total. The van der Waals surface area contributed by atoms with Crippen molar-refractivity contribution in [2.45, 2.75) is 0 Å². The third-order valence-corrected chi connectivity index (χ3v) is 5.22. The number of carbonyl (C=O) groups excluding carboxylic acids is 2. The van der Waals surface area contributed by atoms with E-state index in [-0.39, 0.29) is 18.3 Å². The Bertz CT molecular complexity index is 1070. The third kappa shape index (κ3) is 3.74. The molecule has 0 unspecified atom stereocenters. The van der Waals surface area contributed by atoms with Crippen LogP contribution in [-0.2, 0) is 4.79 Å². The van der Waals surface area contributed by atoms with Gasteiger partial charge in [-0.2, -0.15) is 0 Å². The maximum absolute atomic E-state index is 12.3. The number of nitrogens with two attached hydrogens (primary N) is 1. The Morgan fingerprint density at radius 1 is 1.04 bits per heavy atom. The van der Waals surface area contributed by atoms with E-state index in [4.69, 9.17) is 15.2 Å². The highest BCUT2D eigenvalue weighted by molar-refractivity contribution is 7.20. The molecular formula is C21H16N2O4S. The third-order valence-electron chi connectivity index (χ3n) is 4.12. The van der Waals surface area contributed by atoms with Gasteiger partial charge in [0.2, 0.25) is 12.7 Å². The smallest absolute Gasteiger partial charge is 0.251 e. The van der Waals surface area contributed by atoms with Crippen molar-refractivity contribution < 1.29 is 19.1 Å². The number of hydrogen-bond acceptors (Lipinski definition) is 5. The summed E-state index contributed by atoms with van der Waals surface area (Å²) in [7, 11) is 0. The van der Waals surface area contributed by atoms with Crippen molar-refractivity contribution >= 4 is 34.2 Å². The maximum Gasteiger partial charge on any atom is 0.251 e. The average molecular weight is 392 g/mol. The first-order valence-corrected chi connectivity index (χ1v) is 9.29. The molecule has 4 rings (SSSR count). The van der Waals surface area contributed by atoms with Crippen LogP contribution in [0.2, 0.25) is 0 Å².